The molecule has 1 aromatic carbocycles. The molecule has 0 amide bonds. The molecule has 0 saturated carbocycles. The minimum atomic E-state index is 0.0253. The molecular formula is C16H12ClNOS. The van der Waals surface area contributed by atoms with Crippen molar-refractivity contribution in [2.75, 3.05) is 0 Å². The molecule has 0 aliphatic carbocycles. The highest BCUT2D eigenvalue weighted by Gasteiger charge is 2.12. The number of halogens is 1. The van der Waals surface area contributed by atoms with Gasteiger partial charge in [-0.3, -0.25) is 4.79 Å². The molecule has 3 aromatic rings. The van der Waals surface area contributed by atoms with Crippen LogP contribution in [0.2, 0.25) is 4.34 Å². The Bertz CT molecular complexity index is 794. The van der Waals surface area contributed by atoms with Crippen molar-refractivity contribution in [3.63, 3.8) is 0 Å². The first-order valence-electron chi connectivity index (χ1n) is 6.27. The number of nitrogens with zero attached hydrogens (tertiary/aromatic N) is 1. The number of carbonyl (C=O) groups is 1. The summed E-state index contributed by atoms with van der Waals surface area (Å²) in [7, 11) is 0. The maximum Gasteiger partial charge on any atom is 0.186 e. The van der Waals surface area contributed by atoms with Crippen LogP contribution in [0.25, 0.3) is 10.9 Å². The van der Waals surface area contributed by atoms with E-state index < -0.39 is 0 Å². The Morgan fingerprint density at radius 1 is 1.25 bits per heavy atom. The molecular weight excluding hydrogens is 290 g/mol. The molecule has 0 spiro atoms. The molecule has 20 heavy (non-hydrogen) atoms. The number of pyridine rings is 1. The van der Waals surface area contributed by atoms with E-state index in [4.69, 9.17) is 11.6 Å². The van der Waals surface area contributed by atoms with Crippen molar-refractivity contribution in [1.29, 1.82) is 0 Å². The fraction of sp³-hybridized carbons (Fsp3) is 0.125. The molecule has 4 heteroatoms. The first kappa shape index (κ1) is 13.3. The van der Waals surface area contributed by atoms with Crippen LogP contribution in [0.1, 0.15) is 20.9 Å². The average molecular weight is 302 g/mol. The van der Waals surface area contributed by atoms with Gasteiger partial charge in [-0.05, 0) is 36.8 Å². The number of hydrogen-bond acceptors (Lipinski definition) is 3. The second-order valence-corrected chi connectivity index (χ2v) is 6.45. The van der Waals surface area contributed by atoms with Gasteiger partial charge in [0, 0.05) is 16.7 Å². The fourth-order valence-corrected chi connectivity index (χ4v) is 3.27. The quantitative estimate of drug-likeness (QED) is 0.657. The molecule has 3 rings (SSSR count). The Balaban J connectivity index is 1.95. The Hall–Kier alpha value is -1.71. The van der Waals surface area contributed by atoms with E-state index in [1.807, 2.05) is 49.4 Å². The number of carbonyl (C=O) groups excluding carboxylic acids is 1. The van der Waals surface area contributed by atoms with E-state index in [1.54, 1.807) is 0 Å². The molecule has 2 heterocycles. The normalized spacial score (nSPS) is 10.9. The number of thiophene rings is 1. The van der Waals surface area contributed by atoms with Crippen molar-refractivity contribution >= 4 is 39.6 Å². The van der Waals surface area contributed by atoms with Crippen LogP contribution in [0, 0.1) is 6.92 Å². The highest BCUT2D eigenvalue weighted by molar-refractivity contribution is 7.16. The molecule has 2 aromatic heterocycles. The summed E-state index contributed by atoms with van der Waals surface area (Å²) in [5.41, 5.74) is 2.45. The van der Waals surface area contributed by atoms with Gasteiger partial charge in [-0.1, -0.05) is 29.8 Å². The van der Waals surface area contributed by atoms with Crippen molar-refractivity contribution in [1.82, 2.24) is 4.98 Å². The van der Waals surface area contributed by atoms with Gasteiger partial charge < -0.3 is 0 Å². The number of aromatic nitrogens is 1. The van der Waals surface area contributed by atoms with Crippen LogP contribution in [0.5, 0.6) is 0 Å². The van der Waals surface area contributed by atoms with Crippen LogP contribution in [0.15, 0.2) is 42.5 Å². The lowest BCUT2D eigenvalue weighted by Gasteiger charge is -2.05. The van der Waals surface area contributed by atoms with Gasteiger partial charge in [0.2, 0.25) is 0 Å². The van der Waals surface area contributed by atoms with Gasteiger partial charge in [0.15, 0.2) is 5.78 Å². The highest BCUT2D eigenvalue weighted by Crippen LogP contribution is 2.23. The molecule has 0 aliphatic heterocycles. The van der Waals surface area contributed by atoms with Gasteiger partial charge >= 0.3 is 0 Å². The zero-order valence-electron chi connectivity index (χ0n) is 10.9. The summed E-state index contributed by atoms with van der Waals surface area (Å²) in [6.07, 6.45) is 0.349. The summed E-state index contributed by atoms with van der Waals surface area (Å²) in [6, 6.07) is 13.4. The standard InChI is InChI=1S/C16H12ClNOS/c1-10-8-14(18-13-5-3-2-4-12(10)13)15(19)9-11-6-7-16(17)20-11/h2-8H,9H2,1H3. The van der Waals surface area contributed by atoms with Crippen molar-refractivity contribution in [3.8, 4) is 0 Å². The van der Waals surface area contributed by atoms with Crippen LogP contribution in [0.4, 0.5) is 0 Å². The van der Waals surface area contributed by atoms with E-state index in [0.29, 0.717) is 16.5 Å². The minimum absolute atomic E-state index is 0.0253. The Kier molecular flexibility index (Phi) is 3.55. The first-order chi connectivity index (χ1) is 9.63. The van der Waals surface area contributed by atoms with Gasteiger partial charge in [-0.25, -0.2) is 4.98 Å². The van der Waals surface area contributed by atoms with E-state index >= 15 is 0 Å². The predicted molar refractivity (Wildman–Crippen MR) is 83.8 cm³/mol. The van der Waals surface area contributed by atoms with E-state index in [9.17, 15) is 4.79 Å². The number of aryl methyl sites for hydroxylation is 1. The largest absolute Gasteiger partial charge is 0.292 e. The lowest BCUT2D eigenvalue weighted by Crippen LogP contribution is -2.05. The zero-order chi connectivity index (χ0) is 14.1. The van der Waals surface area contributed by atoms with Gasteiger partial charge in [0.1, 0.15) is 5.69 Å². The zero-order valence-corrected chi connectivity index (χ0v) is 12.5. The predicted octanol–water partition coefficient (Wildman–Crippen LogP) is 4.68. The number of Topliss-reactive ketones (excluding diaryl/α,β-unsaturated/α-hetero) is 1. The van der Waals surface area contributed by atoms with Gasteiger partial charge in [0.05, 0.1) is 9.85 Å². The first-order valence-corrected chi connectivity index (χ1v) is 7.47. The van der Waals surface area contributed by atoms with Crippen LogP contribution >= 0.6 is 22.9 Å². The molecule has 0 unspecified atom stereocenters. The summed E-state index contributed by atoms with van der Waals surface area (Å²) in [6.45, 7) is 2.00. The smallest absolute Gasteiger partial charge is 0.186 e. The third-order valence-corrected chi connectivity index (χ3v) is 4.40. The Labute approximate surface area is 126 Å². The van der Waals surface area contributed by atoms with Crippen LogP contribution in [-0.4, -0.2) is 10.8 Å². The molecule has 0 fully saturated rings. The summed E-state index contributed by atoms with van der Waals surface area (Å²) in [5.74, 6) is 0.0253. The van der Waals surface area contributed by atoms with Gasteiger partial charge in [0.25, 0.3) is 0 Å². The van der Waals surface area contributed by atoms with Crippen LogP contribution in [-0.2, 0) is 6.42 Å². The summed E-state index contributed by atoms with van der Waals surface area (Å²) >= 11 is 7.32. The highest BCUT2D eigenvalue weighted by atomic mass is 35.5. The lowest BCUT2D eigenvalue weighted by atomic mass is 10.1. The van der Waals surface area contributed by atoms with E-state index in [-0.39, 0.29) is 5.78 Å². The molecule has 0 saturated heterocycles. The molecule has 2 nitrogen and oxygen atoms in total. The lowest BCUT2D eigenvalue weighted by molar-refractivity contribution is 0.0989. The fourth-order valence-electron chi connectivity index (χ4n) is 2.19. The number of rotatable bonds is 3. The van der Waals surface area contributed by atoms with Crippen LogP contribution < -0.4 is 0 Å². The molecule has 100 valence electrons. The number of fused-ring (bicyclic) bond motifs is 1. The van der Waals surface area contributed by atoms with Crippen molar-refractivity contribution in [2.45, 2.75) is 13.3 Å². The summed E-state index contributed by atoms with van der Waals surface area (Å²) in [5, 5.41) is 1.09. The number of ketones is 1. The Morgan fingerprint density at radius 2 is 2.05 bits per heavy atom. The number of hydrogen-bond donors (Lipinski definition) is 0. The van der Waals surface area contributed by atoms with Crippen LogP contribution in [0.3, 0.4) is 0 Å². The summed E-state index contributed by atoms with van der Waals surface area (Å²) < 4.78 is 0.704. The monoisotopic (exact) mass is 301 g/mol. The molecule has 0 bridgehead atoms. The number of benzene rings is 1. The van der Waals surface area contributed by atoms with E-state index in [2.05, 4.69) is 4.98 Å². The van der Waals surface area contributed by atoms with Crippen molar-refractivity contribution in [2.24, 2.45) is 0 Å². The second-order valence-electron chi connectivity index (χ2n) is 4.65. The second kappa shape index (κ2) is 5.35. The van der Waals surface area contributed by atoms with E-state index in [0.717, 1.165) is 21.3 Å². The Morgan fingerprint density at radius 3 is 2.80 bits per heavy atom. The van der Waals surface area contributed by atoms with Gasteiger partial charge in [-0.15, -0.1) is 11.3 Å². The third-order valence-electron chi connectivity index (χ3n) is 3.17. The minimum Gasteiger partial charge on any atom is -0.292 e. The average Bonchev–Trinajstić information content (AvgIpc) is 2.84. The molecule has 0 radical (unpaired) electrons. The molecule has 0 aliphatic rings. The maximum absolute atomic E-state index is 12.3. The molecule has 0 N–H and O–H groups in total. The SMILES string of the molecule is Cc1cc(C(=O)Cc2ccc(Cl)s2)nc2ccccc12. The van der Waals surface area contributed by atoms with Crippen molar-refractivity contribution in [3.05, 3.63) is 62.9 Å². The summed E-state index contributed by atoms with van der Waals surface area (Å²) in [4.78, 5) is 17.7. The topological polar surface area (TPSA) is 30.0 Å². The third kappa shape index (κ3) is 2.60. The van der Waals surface area contributed by atoms with E-state index in [1.165, 1.54) is 11.3 Å². The molecule has 0 atom stereocenters. The number of para-hydroxylation sites is 1. The van der Waals surface area contributed by atoms with Crippen molar-refractivity contribution < 1.29 is 4.79 Å². The van der Waals surface area contributed by atoms with Gasteiger partial charge in [-0.2, -0.15) is 0 Å². The maximum atomic E-state index is 12.3.